The molecule has 1 aromatic heterocycles. The number of nitro benzene ring substituents is 1. The number of aromatic nitrogens is 1. The Morgan fingerprint density at radius 1 is 1.55 bits per heavy atom. The standard InChI is InChI=1S/C12H10BrN3O3S/c1-7-14-5-9(20-7)6-15-12(17)10-4-8(16(18)19)2-3-11(10)13/h2-5H,6H2,1H3,(H,15,17). The molecular weight excluding hydrogens is 346 g/mol. The second kappa shape index (κ2) is 6.10. The molecule has 2 rings (SSSR count). The second-order valence-electron chi connectivity index (χ2n) is 3.95. The van der Waals surface area contributed by atoms with E-state index in [4.69, 9.17) is 0 Å². The largest absolute Gasteiger partial charge is 0.347 e. The molecule has 20 heavy (non-hydrogen) atoms. The highest BCUT2D eigenvalue weighted by Gasteiger charge is 2.15. The molecule has 0 aliphatic carbocycles. The molecule has 0 atom stereocenters. The normalized spacial score (nSPS) is 10.3. The van der Waals surface area contributed by atoms with E-state index in [1.807, 2.05) is 6.92 Å². The summed E-state index contributed by atoms with van der Waals surface area (Å²) in [5.41, 5.74) is 0.118. The summed E-state index contributed by atoms with van der Waals surface area (Å²) in [6.07, 6.45) is 1.70. The number of hydrogen-bond acceptors (Lipinski definition) is 5. The Labute approximate surface area is 127 Å². The van der Waals surface area contributed by atoms with Gasteiger partial charge < -0.3 is 5.32 Å². The lowest BCUT2D eigenvalue weighted by Gasteiger charge is -2.05. The highest BCUT2D eigenvalue weighted by Crippen LogP contribution is 2.22. The van der Waals surface area contributed by atoms with Crippen molar-refractivity contribution < 1.29 is 9.72 Å². The minimum atomic E-state index is -0.532. The summed E-state index contributed by atoms with van der Waals surface area (Å²) in [6.45, 7) is 2.23. The first kappa shape index (κ1) is 14.6. The maximum atomic E-state index is 12.0. The zero-order valence-electron chi connectivity index (χ0n) is 10.4. The number of rotatable bonds is 4. The first-order valence-corrected chi connectivity index (χ1v) is 7.22. The summed E-state index contributed by atoms with van der Waals surface area (Å²) in [4.78, 5) is 27.2. The molecule has 0 radical (unpaired) electrons. The molecule has 0 unspecified atom stereocenters. The van der Waals surface area contributed by atoms with Crippen molar-refractivity contribution in [2.45, 2.75) is 13.5 Å². The zero-order chi connectivity index (χ0) is 14.7. The van der Waals surface area contributed by atoms with Crippen molar-refractivity contribution in [1.82, 2.24) is 10.3 Å². The minimum Gasteiger partial charge on any atom is -0.347 e. The van der Waals surface area contributed by atoms with Crippen molar-refractivity contribution in [3.8, 4) is 0 Å². The van der Waals surface area contributed by atoms with Gasteiger partial charge >= 0.3 is 0 Å². The van der Waals surface area contributed by atoms with Gasteiger partial charge in [-0.15, -0.1) is 11.3 Å². The van der Waals surface area contributed by atoms with Gasteiger partial charge in [-0.25, -0.2) is 4.98 Å². The van der Waals surface area contributed by atoms with Crippen molar-refractivity contribution in [3.05, 3.63) is 54.4 Å². The predicted octanol–water partition coefficient (Wildman–Crippen LogP) is 3.05. The van der Waals surface area contributed by atoms with Gasteiger partial charge in [-0.1, -0.05) is 0 Å². The fourth-order valence-corrected chi connectivity index (χ4v) is 2.71. The summed E-state index contributed by atoms with van der Waals surface area (Å²) >= 11 is 4.71. The van der Waals surface area contributed by atoms with Gasteiger partial charge in [-0.3, -0.25) is 14.9 Å². The van der Waals surface area contributed by atoms with Gasteiger partial charge in [0.1, 0.15) is 0 Å². The number of nitrogens with zero attached hydrogens (tertiary/aromatic N) is 2. The Hall–Kier alpha value is -1.80. The molecular formula is C12H10BrN3O3S. The summed E-state index contributed by atoms with van der Waals surface area (Å²) < 4.78 is 0.515. The van der Waals surface area contributed by atoms with Gasteiger partial charge in [0.15, 0.2) is 0 Å². The molecule has 1 heterocycles. The summed E-state index contributed by atoms with van der Waals surface area (Å²) in [5.74, 6) is -0.369. The van der Waals surface area contributed by atoms with Crippen LogP contribution in [0.4, 0.5) is 5.69 Å². The maximum absolute atomic E-state index is 12.0. The summed E-state index contributed by atoms with van der Waals surface area (Å²) in [5, 5.41) is 14.4. The highest BCUT2D eigenvalue weighted by atomic mass is 79.9. The lowest BCUT2D eigenvalue weighted by Crippen LogP contribution is -2.22. The Morgan fingerprint density at radius 3 is 2.90 bits per heavy atom. The van der Waals surface area contributed by atoms with Crippen molar-refractivity contribution in [2.24, 2.45) is 0 Å². The molecule has 0 spiro atoms. The van der Waals surface area contributed by atoms with Crippen LogP contribution >= 0.6 is 27.3 Å². The van der Waals surface area contributed by atoms with Crippen LogP contribution in [0.1, 0.15) is 20.2 Å². The average Bonchev–Trinajstić information content (AvgIpc) is 2.82. The fourth-order valence-electron chi connectivity index (χ4n) is 1.55. The number of carbonyl (C=O) groups excluding carboxylic acids is 1. The number of nitrogens with one attached hydrogen (secondary N) is 1. The van der Waals surface area contributed by atoms with Crippen LogP contribution in [0.3, 0.4) is 0 Å². The lowest BCUT2D eigenvalue weighted by molar-refractivity contribution is -0.384. The number of nitro groups is 1. The van der Waals surface area contributed by atoms with Crippen molar-refractivity contribution in [1.29, 1.82) is 0 Å². The van der Waals surface area contributed by atoms with Crippen molar-refractivity contribution in [3.63, 3.8) is 0 Å². The first-order chi connectivity index (χ1) is 9.47. The second-order valence-corrected chi connectivity index (χ2v) is 6.12. The van der Waals surface area contributed by atoms with Crippen LogP contribution in [0.2, 0.25) is 0 Å². The van der Waals surface area contributed by atoms with Crippen LogP contribution < -0.4 is 5.32 Å². The fraction of sp³-hybridized carbons (Fsp3) is 0.167. The van der Waals surface area contributed by atoms with Gasteiger partial charge in [0.25, 0.3) is 11.6 Å². The smallest absolute Gasteiger partial charge is 0.270 e. The van der Waals surface area contributed by atoms with E-state index in [1.54, 1.807) is 6.20 Å². The summed E-state index contributed by atoms with van der Waals surface area (Å²) in [6, 6.07) is 4.08. The van der Waals surface area contributed by atoms with Crippen LogP contribution in [0.5, 0.6) is 0 Å². The molecule has 0 saturated carbocycles. The predicted molar refractivity (Wildman–Crippen MR) is 78.8 cm³/mol. The van der Waals surface area contributed by atoms with E-state index >= 15 is 0 Å². The third-order valence-corrected chi connectivity index (χ3v) is 4.10. The van der Waals surface area contributed by atoms with E-state index in [2.05, 4.69) is 26.2 Å². The van der Waals surface area contributed by atoms with Crippen molar-refractivity contribution >= 4 is 38.9 Å². The molecule has 1 aromatic carbocycles. The summed E-state index contributed by atoms with van der Waals surface area (Å²) in [7, 11) is 0. The van der Waals surface area contributed by atoms with Gasteiger partial charge in [0.2, 0.25) is 0 Å². The van der Waals surface area contributed by atoms with Gasteiger partial charge in [-0.2, -0.15) is 0 Å². The van der Waals surface area contributed by atoms with Crippen LogP contribution in [-0.4, -0.2) is 15.8 Å². The number of halogens is 1. The Bertz CT molecular complexity index is 672. The number of aryl methyl sites for hydroxylation is 1. The lowest BCUT2D eigenvalue weighted by atomic mass is 10.2. The maximum Gasteiger partial charge on any atom is 0.270 e. The SMILES string of the molecule is Cc1ncc(CNC(=O)c2cc([N+](=O)[O-])ccc2Br)s1. The van der Waals surface area contributed by atoms with Crippen LogP contribution in [0, 0.1) is 17.0 Å². The molecule has 0 bridgehead atoms. The van der Waals surface area contributed by atoms with E-state index in [-0.39, 0.29) is 17.2 Å². The first-order valence-electron chi connectivity index (χ1n) is 5.61. The average molecular weight is 356 g/mol. The van der Waals surface area contributed by atoms with Gasteiger partial charge in [0.05, 0.1) is 22.0 Å². The van der Waals surface area contributed by atoms with Crippen LogP contribution in [0.15, 0.2) is 28.9 Å². The van der Waals surface area contributed by atoms with Gasteiger partial charge in [0, 0.05) is 27.7 Å². The van der Waals surface area contributed by atoms with Crippen LogP contribution in [-0.2, 0) is 6.54 Å². The van der Waals surface area contributed by atoms with E-state index in [1.165, 1.54) is 29.5 Å². The number of amides is 1. The monoisotopic (exact) mass is 355 g/mol. The molecule has 1 amide bonds. The van der Waals surface area contributed by atoms with Gasteiger partial charge in [-0.05, 0) is 28.9 Å². The van der Waals surface area contributed by atoms with E-state index in [0.29, 0.717) is 11.0 Å². The Balaban J connectivity index is 2.12. The minimum absolute atomic E-state index is 0.119. The molecule has 0 saturated heterocycles. The molecule has 0 fully saturated rings. The number of hydrogen-bond donors (Lipinski definition) is 1. The third-order valence-electron chi connectivity index (χ3n) is 2.50. The molecule has 0 aliphatic heterocycles. The van der Waals surface area contributed by atoms with Crippen LogP contribution in [0.25, 0.3) is 0 Å². The molecule has 2 aromatic rings. The topological polar surface area (TPSA) is 85.1 Å². The van der Waals surface area contributed by atoms with E-state index in [0.717, 1.165) is 9.88 Å². The Kier molecular flexibility index (Phi) is 4.46. The number of thiazole rings is 1. The number of carbonyl (C=O) groups is 1. The number of benzene rings is 1. The molecule has 104 valence electrons. The van der Waals surface area contributed by atoms with E-state index in [9.17, 15) is 14.9 Å². The van der Waals surface area contributed by atoms with E-state index < -0.39 is 4.92 Å². The molecule has 1 N–H and O–H groups in total. The number of non-ortho nitro benzene ring substituents is 1. The highest BCUT2D eigenvalue weighted by molar-refractivity contribution is 9.10. The third kappa shape index (κ3) is 3.40. The Morgan fingerprint density at radius 2 is 2.30 bits per heavy atom. The molecule has 8 heteroatoms. The zero-order valence-corrected chi connectivity index (χ0v) is 12.8. The van der Waals surface area contributed by atoms with Crippen molar-refractivity contribution in [2.75, 3.05) is 0 Å². The molecule has 6 nitrogen and oxygen atoms in total. The quantitative estimate of drug-likeness (QED) is 0.674. The molecule has 0 aliphatic rings.